The van der Waals surface area contributed by atoms with Crippen molar-refractivity contribution in [3.8, 4) is 0 Å². The van der Waals surface area contributed by atoms with Gasteiger partial charge in [-0.05, 0) is 38.1 Å². The zero-order valence-electron chi connectivity index (χ0n) is 10.4. The van der Waals surface area contributed by atoms with Crippen molar-refractivity contribution in [1.29, 1.82) is 0 Å². The Balaban J connectivity index is 1.94. The zero-order valence-corrected chi connectivity index (χ0v) is 12.8. The van der Waals surface area contributed by atoms with Crippen LogP contribution in [0.4, 0.5) is 5.13 Å². The summed E-state index contributed by atoms with van der Waals surface area (Å²) in [6, 6.07) is 7.41. The third-order valence-electron chi connectivity index (χ3n) is 2.25. The summed E-state index contributed by atoms with van der Waals surface area (Å²) in [5.74, 6) is -0.0869. The van der Waals surface area contributed by atoms with E-state index in [1.165, 1.54) is 23.1 Å². The highest BCUT2D eigenvalue weighted by Gasteiger charge is 2.16. The molecule has 0 aliphatic rings. The lowest BCUT2D eigenvalue weighted by Gasteiger charge is -2.10. The molecule has 0 aliphatic carbocycles. The molecule has 0 unspecified atom stereocenters. The molecule has 19 heavy (non-hydrogen) atoms. The second-order valence-electron chi connectivity index (χ2n) is 3.83. The van der Waals surface area contributed by atoms with Gasteiger partial charge in [0.15, 0.2) is 0 Å². The molecule has 0 fully saturated rings. The van der Waals surface area contributed by atoms with Crippen molar-refractivity contribution in [2.75, 3.05) is 5.32 Å². The number of carbonyl (C=O) groups is 1. The Morgan fingerprint density at radius 3 is 2.63 bits per heavy atom. The van der Waals surface area contributed by atoms with Crippen LogP contribution in [0, 0.1) is 6.92 Å². The fraction of sp³-hybridized carbons (Fsp3) is 0.250. The zero-order chi connectivity index (χ0) is 13.8. The Morgan fingerprint density at radius 1 is 1.37 bits per heavy atom. The minimum Gasteiger partial charge on any atom is -0.300 e. The maximum atomic E-state index is 12.0. The Hall–Kier alpha value is -1.11. The van der Waals surface area contributed by atoms with Gasteiger partial charge in [-0.25, -0.2) is 0 Å². The molecule has 0 saturated carbocycles. The van der Waals surface area contributed by atoms with Gasteiger partial charge in [0.2, 0.25) is 11.0 Å². The number of anilines is 1. The van der Waals surface area contributed by atoms with Gasteiger partial charge in [-0.1, -0.05) is 22.9 Å². The smallest absolute Gasteiger partial charge is 0.239 e. The van der Waals surface area contributed by atoms with Crippen LogP contribution < -0.4 is 5.32 Å². The summed E-state index contributed by atoms with van der Waals surface area (Å²) in [5, 5.41) is 12.3. The Bertz CT molecular complexity index is 571. The molecule has 100 valence electrons. The lowest BCUT2D eigenvalue weighted by atomic mass is 10.4. The van der Waals surface area contributed by atoms with Crippen molar-refractivity contribution in [3.05, 3.63) is 34.3 Å². The van der Waals surface area contributed by atoms with Gasteiger partial charge in [-0.3, -0.25) is 10.1 Å². The second-order valence-corrected chi connectivity index (χ2v) is 6.86. The first kappa shape index (κ1) is 14.3. The average molecular weight is 314 g/mol. The number of halogens is 1. The first-order chi connectivity index (χ1) is 9.04. The number of rotatable bonds is 4. The van der Waals surface area contributed by atoms with Crippen LogP contribution in [0.15, 0.2) is 29.2 Å². The molecule has 2 aromatic rings. The highest BCUT2D eigenvalue weighted by molar-refractivity contribution is 8.00. The number of nitrogens with one attached hydrogen (secondary N) is 1. The molecule has 0 bridgehead atoms. The molecule has 0 saturated heterocycles. The van der Waals surface area contributed by atoms with Crippen LogP contribution in [-0.2, 0) is 4.79 Å². The van der Waals surface area contributed by atoms with Gasteiger partial charge >= 0.3 is 0 Å². The molecular weight excluding hydrogens is 302 g/mol. The van der Waals surface area contributed by atoms with Gasteiger partial charge < -0.3 is 0 Å². The molecule has 0 spiro atoms. The van der Waals surface area contributed by atoms with E-state index in [0.29, 0.717) is 10.2 Å². The number of nitrogens with zero attached hydrogens (tertiary/aromatic N) is 2. The standard InChI is InChI=1S/C12H12ClN3OS2/c1-7(18-10-5-3-9(13)4-6-10)11(17)14-12-16-15-8(2)19-12/h3-7H,1-2H3,(H,14,16,17)/t7-/m0/s1. The van der Waals surface area contributed by atoms with Gasteiger partial charge in [0.25, 0.3) is 0 Å². The molecule has 1 aromatic carbocycles. The summed E-state index contributed by atoms with van der Waals surface area (Å²) in [6.07, 6.45) is 0. The Morgan fingerprint density at radius 2 is 2.05 bits per heavy atom. The second kappa shape index (κ2) is 6.36. The van der Waals surface area contributed by atoms with E-state index < -0.39 is 0 Å². The van der Waals surface area contributed by atoms with E-state index in [0.717, 1.165) is 9.90 Å². The van der Waals surface area contributed by atoms with Crippen molar-refractivity contribution < 1.29 is 4.79 Å². The fourth-order valence-electron chi connectivity index (χ4n) is 1.32. The summed E-state index contributed by atoms with van der Waals surface area (Å²) < 4.78 is 0. The molecule has 1 aromatic heterocycles. The third-order valence-corrected chi connectivity index (χ3v) is 4.37. The summed E-state index contributed by atoms with van der Waals surface area (Å²) in [6.45, 7) is 3.70. The molecule has 7 heteroatoms. The van der Waals surface area contributed by atoms with Gasteiger partial charge in [-0.2, -0.15) is 0 Å². The summed E-state index contributed by atoms with van der Waals surface area (Å²) in [7, 11) is 0. The average Bonchev–Trinajstić information content (AvgIpc) is 2.77. The number of hydrogen-bond acceptors (Lipinski definition) is 5. The maximum Gasteiger partial charge on any atom is 0.239 e. The van der Waals surface area contributed by atoms with Crippen molar-refractivity contribution in [2.24, 2.45) is 0 Å². The van der Waals surface area contributed by atoms with Gasteiger partial charge in [-0.15, -0.1) is 22.0 Å². The minimum absolute atomic E-state index is 0.0869. The molecule has 0 radical (unpaired) electrons. The number of aryl methyl sites for hydroxylation is 1. The quantitative estimate of drug-likeness (QED) is 0.876. The molecule has 1 heterocycles. The molecular formula is C12H12ClN3OS2. The number of benzene rings is 1. The molecule has 0 aliphatic heterocycles. The lowest BCUT2D eigenvalue weighted by molar-refractivity contribution is -0.115. The van der Waals surface area contributed by atoms with Crippen molar-refractivity contribution in [1.82, 2.24) is 10.2 Å². The van der Waals surface area contributed by atoms with E-state index in [2.05, 4.69) is 15.5 Å². The number of carbonyl (C=O) groups excluding carboxylic acids is 1. The molecule has 1 atom stereocenters. The van der Waals surface area contributed by atoms with Crippen LogP contribution in [0.2, 0.25) is 5.02 Å². The first-order valence-corrected chi connectivity index (χ1v) is 7.65. The largest absolute Gasteiger partial charge is 0.300 e. The summed E-state index contributed by atoms with van der Waals surface area (Å²) in [5.41, 5.74) is 0. The number of hydrogen-bond donors (Lipinski definition) is 1. The Kier molecular flexibility index (Phi) is 4.79. The van der Waals surface area contributed by atoms with E-state index in [-0.39, 0.29) is 11.2 Å². The molecule has 1 amide bonds. The van der Waals surface area contributed by atoms with Crippen molar-refractivity contribution in [3.63, 3.8) is 0 Å². The van der Waals surface area contributed by atoms with Gasteiger partial charge in [0, 0.05) is 9.92 Å². The van der Waals surface area contributed by atoms with Gasteiger partial charge in [0.1, 0.15) is 5.01 Å². The van der Waals surface area contributed by atoms with Crippen molar-refractivity contribution in [2.45, 2.75) is 24.0 Å². The minimum atomic E-state index is -0.217. The van der Waals surface area contributed by atoms with Crippen molar-refractivity contribution >= 4 is 45.7 Å². The maximum absolute atomic E-state index is 12.0. The van der Waals surface area contributed by atoms with Crippen LogP contribution >= 0.6 is 34.7 Å². The van der Waals surface area contributed by atoms with E-state index in [1.807, 2.05) is 38.1 Å². The van der Waals surface area contributed by atoms with Crippen LogP contribution in [0.3, 0.4) is 0 Å². The number of thioether (sulfide) groups is 1. The van der Waals surface area contributed by atoms with E-state index in [9.17, 15) is 4.79 Å². The molecule has 4 nitrogen and oxygen atoms in total. The fourth-order valence-corrected chi connectivity index (χ4v) is 2.91. The van der Waals surface area contributed by atoms with E-state index in [4.69, 9.17) is 11.6 Å². The molecule has 2 rings (SSSR count). The summed E-state index contributed by atoms with van der Waals surface area (Å²) in [4.78, 5) is 13.0. The van der Waals surface area contributed by atoms with Crippen LogP contribution in [0.1, 0.15) is 11.9 Å². The first-order valence-electron chi connectivity index (χ1n) is 5.58. The Labute approximate surface area is 124 Å². The monoisotopic (exact) mass is 313 g/mol. The third kappa shape index (κ3) is 4.19. The normalized spacial score (nSPS) is 12.2. The highest BCUT2D eigenvalue weighted by atomic mass is 35.5. The number of amides is 1. The molecule has 1 N–H and O–H groups in total. The SMILES string of the molecule is Cc1nnc(NC(=O)[C@H](C)Sc2ccc(Cl)cc2)s1. The topological polar surface area (TPSA) is 54.9 Å². The van der Waals surface area contributed by atoms with Crippen LogP contribution in [0.5, 0.6) is 0 Å². The van der Waals surface area contributed by atoms with E-state index in [1.54, 1.807) is 0 Å². The van der Waals surface area contributed by atoms with Gasteiger partial charge in [0.05, 0.1) is 5.25 Å². The summed E-state index contributed by atoms with van der Waals surface area (Å²) >= 11 is 8.65. The highest BCUT2D eigenvalue weighted by Crippen LogP contribution is 2.25. The number of aromatic nitrogens is 2. The van der Waals surface area contributed by atoms with Crippen LogP contribution in [0.25, 0.3) is 0 Å². The van der Waals surface area contributed by atoms with E-state index >= 15 is 0 Å². The van der Waals surface area contributed by atoms with Crippen LogP contribution in [-0.4, -0.2) is 21.4 Å². The predicted octanol–water partition coefficient (Wildman–Crippen LogP) is 3.62. The lowest BCUT2D eigenvalue weighted by Crippen LogP contribution is -2.22. The predicted molar refractivity (Wildman–Crippen MR) is 80.0 cm³/mol.